The average molecular weight is 344 g/mol. The third kappa shape index (κ3) is 4.23. The number of aryl methyl sites for hydroxylation is 3. The van der Waals surface area contributed by atoms with E-state index in [2.05, 4.69) is 17.6 Å². The van der Waals surface area contributed by atoms with E-state index in [9.17, 15) is 9.59 Å². The lowest BCUT2D eigenvalue weighted by Crippen LogP contribution is -2.30. The number of thiophene rings is 1. The molecule has 2 rings (SSSR count). The van der Waals surface area contributed by atoms with Crippen LogP contribution in [0.3, 0.4) is 0 Å². The fraction of sp³-hybridized carbons (Fsp3) is 0.368. The summed E-state index contributed by atoms with van der Waals surface area (Å²) in [4.78, 5) is 26.4. The highest BCUT2D eigenvalue weighted by Crippen LogP contribution is 2.24. The van der Waals surface area contributed by atoms with Crippen LogP contribution in [0.4, 0.5) is 5.69 Å². The molecule has 2 amide bonds. The third-order valence-corrected chi connectivity index (χ3v) is 5.10. The molecule has 0 aliphatic heterocycles. The third-order valence-electron chi connectivity index (χ3n) is 3.72. The molecule has 5 heteroatoms. The smallest absolute Gasteiger partial charge is 0.265 e. The lowest BCUT2D eigenvalue weighted by molar-refractivity contribution is 0.0942. The molecular weight excluding hydrogens is 320 g/mol. The zero-order valence-corrected chi connectivity index (χ0v) is 15.6. The van der Waals surface area contributed by atoms with Crippen LogP contribution in [-0.2, 0) is 6.42 Å². The molecule has 0 fully saturated rings. The molecule has 0 saturated carbocycles. The molecule has 1 heterocycles. The molecule has 0 unspecified atom stereocenters. The van der Waals surface area contributed by atoms with Gasteiger partial charge in [-0.05, 0) is 69.5 Å². The first-order valence-corrected chi connectivity index (χ1v) is 8.95. The summed E-state index contributed by atoms with van der Waals surface area (Å²) in [5.41, 5.74) is 3.35. The quantitative estimate of drug-likeness (QED) is 0.849. The molecule has 0 aliphatic rings. The molecule has 0 bridgehead atoms. The molecule has 4 nitrogen and oxygen atoms in total. The zero-order chi connectivity index (χ0) is 17.9. The molecule has 1 aromatic heterocycles. The maximum atomic E-state index is 12.4. The molecule has 0 radical (unpaired) electrons. The minimum Gasteiger partial charge on any atom is -0.350 e. The minimum absolute atomic E-state index is 0.0898. The first-order chi connectivity index (χ1) is 11.3. The van der Waals surface area contributed by atoms with Gasteiger partial charge in [-0.3, -0.25) is 9.59 Å². The van der Waals surface area contributed by atoms with E-state index in [-0.39, 0.29) is 17.9 Å². The summed E-state index contributed by atoms with van der Waals surface area (Å²) in [5.74, 6) is -0.210. The molecule has 0 atom stereocenters. The fourth-order valence-corrected chi connectivity index (χ4v) is 3.47. The van der Waals surface area contributed by atoms with Crippen LogP contribution < -0.4 is 10.6 Å². The van der Waals surface area contributed by atoms with Gasteiger partial charge in [-0.25, -0.2) is 0 Å². The Bertz CT molecular complexity index is 763. The van der Waals surface area contributed by atoms with Gasteiger partial charge in [0, 0.05) is 22.2 Å². The van der Waals surface area contributed by atoms with Crippen LogP contribution in [0.25, 0.3) is 0 Å². The van der Waals surface area contributed by atoms with Crippen molar-refractivity contribution in [2.24, 2.45) is 0 Å². The van der Waals surface area contributed by atoms with Crippen molar-refractivity contribution in [1.82, 2.24) is 5.32 Å². The first-order valence-electron chi connectivity index (χ1n) is 8.14. The molecule has 0 saturated heterocycles. The normalized spacial score (nSPS) is 10.8. The van der Waals surface area contributed by atoms with E-state index in [4.69, 9.17) is 0 Å². The molecule has 24 heavy (non-hydrogen) atoms. The van der Waals surface area contributed by atoms with Crippen molar-refractivity contribution in [3.05, 3.63) is 50.7 Å². The molecule has 1 aromatic carbocycles. The standard InChI is InChI=1S/C19H24N2O2S/c1-6-16-13(5)10-17(24-16)19(23)21-15-8-7-14(9-12(15)4)18(22)20-11(2)3/h7-11H,6H2,1-5H3,(H,20,22)(H,21,23). The van der Waals surface area contributed by atoms with Crippen molar-refractivity contribution in [1.29, 1.82) is 0 Å². The number of nitrogens with one attached hydrogen (secondary N) is 2. The summed E-state index contributed by atoms with van der Waals surface area (Å²) in [7, 11) is 0. The summed E-state index contributed by atoms with van der Waals surface area (Å²) >= 11 is 1.53. The second kappa shape index (κ2) is 7.62. The molecule has 0 spiro atoms. The van der Waals surface area contributed by atoms with Gasteiger partial charge < -0.3 is 10.6 Å². The molecular formula is C19H24N2O2S. The Morgan fingerprint density at radius 1 is 1.08 bits per heavy atom. The highest BCUT2D eigenvalue weighted by Gasteiger charge is 2.14. The Morgan fingerprint density at radius 2 is 1.79 bits per heavy atom. The van der Waals surface area contributed by atoms with Crippen LogP contribution in [0.1, 0.15) is 56.8 Å². The summed E-state index contributed by atoms with van der Waals surface area (Å²) in [6, 6.07) is 7.33. The Kier molecular flexibility index (Phi) is 5.78. The van der Waals surface area contributed by atoms with Crippen molar-refractivity contribution < 1.29 is 9.59 Å². The minimum atomic E-state index is -0.106. The van der Waals surface area contributed by atoms with Gasteiger partial charge in [0.1, 0.15) is 0 Å². The van der Waals surface area contributed by atoms with E-state index in [1.165, 1.54) is 16.2 Å². The van der Waals surface area contributed by atoms with E-state index in [0.717, 1.165) is 23.2 Å². The van der Waals surface area contributed by atoms with Gasteiger partial charge >= 0.3 is 0 Å². The highest BCUT2D eigenvalue weighted by atomic mass is 32.1. The van der Waals surface area contributed by atoms with Crippen LogP contribution in [0.2, 0.25) is 0 Å². The average Bonchev–Trinajstić information content (AvgIpc) is 2.89. The van der Waals surface area contributed by atoms with Gasteiger partial charge in [0.05, 0.1) is 4.88 Å². The van der Waals surface area contributed by atoms with Gasteiger partial charge in [-0.2, -0.15) is 0 Å². The number of carbonyl (C=O) groups is 2. The van der Waals surface area contributed by atoms with Gasteiger partial charge in [-0.15, -0.1) is 11.3 Å². The summed E-state index contributed by atoms with van der Waals surface area (Å²) < 4.78 is 0. The Morgan fingerprint density at radius 3 is 2.33 bits per heavy atom. The van der Waals surface area contributed by atoms with Crippen LogP contribution in [-0.4, -0.2) is 17.9 Å². The van der Waals surface area contributed by atoms with Crippen LogP contribution in [0.15, 0.2) is 24.3 Å². The molecule has 0 aliphatic carbocycles. The number of hydrogen-bond acceptors (Lipinski definition) is 3. The van der Waals surface area contributed by atoms with Crippen molar-refractivity contribution in [3.63, 3.8) is 0 Å². The number of amides is 2. The van der Waals surface area contributed by atoms with E-state index >= 15 is 0 Å². The van der Waals surface area contributed by atoms with Crippen LogP contribution in [0.5, 0.6) is 0 Å². The van der Waals surface area contributed by atoms with Gasteiger partial charge in [0.2, 0.25) is 0 Å². The Balaban J connectivity index is 2.15. The molecule has 128 valence electrons. The monoisotopic (exact) mass is 344 g/mol. The number of benzene rings is 1. The van der Waals surface area contributed by atoms with Crippen molar-refractivity contribution >= 4 is 28.8 Å². The van der Waals surface area contributed by atoms with Crippen LogP contribution in [0, 0.1) is 13.8 Å². The van der Waals surface area contributed by atoms with Gasteiger partial charge in [0.15, 0.2) is 0 Å². The van der Waals surface area contributed by atoms with Gasteiger partial charge in [0.25, 0.3) is 11.8 Å². The lowest BCUT2D eigenvalue weighted by atomic mass is 10.1. The van der Waals surface area contributed by atoms with Crippen LogP contribution >= 0.6 is 11.3 Å². The summed E-state index contributed by atoms with van der Waals surface area (Å²) in [6.45, 7) is 9.85. The lowest BCUT2D eigenvalue weighted by Gasteiger charge is -2.11. The summed E-state index contributed by atoms with van der Waals surface area (Å²) in [5, 5.41) is 5.80. The number of rotatable bonds is 5. The Labute approximate surface area is 147 Å². The summed E-state index contributed by atoms with van der Waals surface area (Å²) in [6.07, 6.45) is 0.933. The maximum absolute atomic E-state index is 12.4. The second-order valence-corrected chi connectivity index (χ2v) is 7.32. The van der Waals surface area contributed by atoms with E-state index in [1.54, 1.807) is 18.2 Å². The van der Waals surface area contributed by atoms with E-state index in [1.807, 2.05) is 33.8 Å². The predicted molar refractivity (Wildman–Crippen MR) is 100 cm³/mol. The fourth-order valence-electron chi connectivity index (χ4n) is 2.46. The second-order valence-electron chi connectivity index (χ2n) is 6.18. The topological polar surface area (TPSA) is 58.2 Å². The largest absolute Gasteiger partial charge is 0.350 e. The molecule has 2 N–H and O–H groups in total. The predicted octanol–water partition coefficient (Wildman–Crippen LogP) is 4.32. The number of hydrogen-bond donors (Lipinski definition) is 2. The highest BCUT2D eigenvalue weighted by molar-refractivity contribution is 7.14. The first kappa shape index (κ1) is 18.2. The molecule has 2 aromatic rings. The maximum Gasteiger partial charge on any atom is 0.265 e. The Hall–Kier alpha value is -2.14. The van der Waals surface area contributed by atoms with E-state index < -0.39 is 0 Å². The van der Waals surface area contributed by atoms with Gasteiger partial charge in [-0.1, -0.05) is 6.92 Å². The zero-order valence-electron chi connectivity index (χ0n) is 14.8. The van der Waals surface area contributed by atoms with E-state index in [0.29, 0.717) is 10.4 Å². The van der Waals surface area contributed by atoms with Crippen molar-refractivity contribution in [3.8, 4) is 0 Å². The SMILES string of the molecule is CCc1sc(C(=O)Nc2ccc(C(=O)NC(C)C)cc2C)cc1C. The number of anilines is 1. The number of carbonyl (C=O) groups excluding carboxylic acids is 2. The van der Waals surface area contributed by atoms with Crippen molar-refractivity contribution in [2.75, 3.05) is 5.32 Å². The van der Waals surface area contributed by atoms with Crippen molar-refractivity contribution in [2.45, 2.75) is 47.1 Å².